The van der Waals surface area contributed by atoms with Crippen LogP contribution in [-0.4, -0.2) is 29.6 Å². The summed E-state index contributed by atoms with van der Waals surface area (Å²) in [5.41, 5.74) is 0. The van der Waals surface area contributed by atoms with Gasteiger partial charge in [-0.3, -0.25) is 4.79 Å². The molecular weight excluding hydrogens is 282 g/mol. The molecule has 0 radical (unpaired) electrons. The highest BCUT2D eigenvalue weighted by Crippen LogP contribution is 2.33. The second kappa shape index (κ2) is 7.82. The number of carbonyl (C=O) groups is 2. The van der Waals surface area contributed by atoms with Crippen LogP contribution in [0.25, 0.3) is 0 Å². The number of carbonyl (C=O) groups excluding carboxylic acids is 1. The number of carboxylic acids is 1. The standard InChI is InChI=1S/C17H23NO4/c1-12(9-10-22-14-5-3-2-4-6-14)16(19)18-15(17(20)21)11-13-7-8-13/h2-6,12-13,15H,7-11H2,1H3,(H,18,19)(H,20,21). The third-order valence-corrected chi connectivity index (χ3v) is 3.89. The van der Waals surface area contributed by atoms with E-state index < -0.39 is 12.0 Å². The lowest BCUT2D eigenvalue weighted by atomic mass is 10.1. The fourth-order valence-electron chi connectivity index (χ4n) is 2.22. The van der Waals surface area contributed by atoms with Crippen molar-refractivity contribution < 1.29 is 19.4 Å². The maximum absolute atomic E-state index is 12.1. The Kier molecular flexibility index (Phi) is 5.81. The molecule has 1 saturated carbocycles. The Bertz CT molecular complexity index is 499. The Labute approximate surface area is 130 Å². The fraction of sp³-hybridized carbons (Fsp3) is 0.529. The van der Waals surface area contributed by atoms with Crippen LogP contribution >= 0.6 is 0 Å². The lowest BCUT2D eigenvalue weighted by Gasteiger charge is -2.18. The summed E-state index contributed by atoms with van der Waals surface area (Å²) in [5, 5.41) is 11.8. The van der Waals surface area contributed by atoms with Crippen LogP contribution in [0.1, 0.15) is 32.6 Å². The van der Waals surface area contributed by atoms with E-state index in [1.165, 1.54) is 0 Å². The van der Waals surface area contributed by atoms with Gasteiger partial charge in [-0.2, -0.15) is 0 Å². The van der Waals surface area contributed by atoms with Crippen molar-refractivity contribution in [2.75, 3.05) is 6.61 Å². The number of para-hydroxylation sites is 1. The van der Waals surface area contributed by atoms with Crippen molar-refractivity contribution in [1.82, 2.24) is 5.32 Å². The Balaban J connectivity index is 1.72. The molecule has 2 rings (SSSR count). The third-order valence-electron chi connectivity index (χ3n) is 3.89. The summed E-state index contributed by atoms with van der Waals surface area (Å²) < 4.78 is 5.56. The predicted octanol–water partition coefficient (Wildman–Crippen LogP) is 2.46. The molecule has 1 aromatic rings. The number of hydrogen-bond donors (Lipinski definition) is 2. The molecule has 22 heavy (non-hydrogen) atoms. The van der Waals surface area contributed by atoms with Crippen molar-refractivity contribution in [3.63, 3.8) is 0 Å². The number of carboxylic acid groups (broad SMARTS) is 1. The van der Waals surface area contributed by atoms with Gasteiger partial charge in [-0.15, -0.1) is 0 Å². The minimum Gasteiger partial charge on any atom is -0.494 e. The van der Waals surface area contributed by atoms with Gasteiger partial charge >= 0.3 is 5.97 Å². The van der Waals surface area contributed by atoms with Crippen LogP contribution in [0.2, 0.25) is 0 Å². The van der Waals surface area contributed by atoms with E-state index in [4.69, 9.17) is 9.84 Å². The number of benzene rings is 1. The van der Waals surface area contributed by atoms with Gasteiger partial charge in [0.1, 0.15) is 11.8 Å². The van der Waals surface area contributed by atoms with Gasteiger partial charge in [0, 0.05) is 5.92 Å². The molecule has 1 aliphatic carbocycles. The molecule has 0 heterocycles. The monoisotopic (exact) mass is 305 g/mol. The zero-order valence-corrected chi connectivity index (χ0v) is 12.8. The highest BCUT2D eigenvalue weighted by molar-refractivity contribution is 5.84. The number of amides is 1. The zero-order chi connectivity index (χ0) is 15.9. The third kappa shape index (κ3) is 5.39. The molecule has 0 aromatic heterocycles. The Morgan fingerprint density at radius 2 is 2.00 bits per heavy atom. The van der Waals surface area contributed by atoms with Crippen LogP contribution in [-0.2, 0) is 9.59 Å². The summed E-state index contributed by atoms with van der Waals surface area (Å²) in [7, 11) is 0. The van der Waals surface area contributed by atoms with Gasteiger partial charge < -0.3 is 15.2 Å². The smallest absolute Gasteiger partial charge is 0.326 e. The van der Waals surface area contributed by atoms with E-state index in [1.54, 1.807) is 6.92 Å². The largest absolute Gasteiger partial charge is 0.494 e. The van der Waals surface area contributed by atoms with Gasteiger partial charge in [0.25, 0.3) is 0 Å². The van der Waals surface area contributed by atoms with Crippen LogP contribution in [0.4, 0.5) is 0 Å². The van der Waals surface area contributed by atoms with Gasteiger partial charge in [-0.05, 0) is 30.9 Å². The van der Waals surface area contributed by atoms with Gasteiger partial charge in [0.05, 0.1) is 6.61 Å². The van der Waals surface area contributed by atoms with Crippen molar-refractivity contribution in [2.45, 2.75) is 38.6 Å². The minimum absolute atomic E-state index is 0.218. The van der Waals surface area contributed by atoms with Crippen LogP contribution in [0.5, 0.6) is 5.75 Å². The van der Waals surface area contributed by atoms with Crippen molar-refractivity contribution in [1.29, 1.82) is 0 Å². The molecule has 1 aliphatic rings. The van der Waals surface area contributed by atoms with Crippen molar-refractivity contribution in [3.8, 4) is 5.75 Å². The van der Waals surface area contributed by atoms with Gasteiger partial charge in [0.15, 0.2) is 0 Å². The molecule has 1 amide bonds. The van der Waals surface area contributed by atoms with Crippen LogP contribution in [0.3, 0.4) is 0 Å². The summed E-state index contributed by atoms with van der Waals surface area (Å²) in [6.07, 6.45) is 3.23. The van der Waals surface area contributed by atoms with E-state index in [2.05, 4.69) is 5.32 Å². The fourth-order valence-corrected chi connectivity index (χ4v) is 2.22. The van der Waals surface area contributed by atoms with Crippen LogP contribution in [0, 0.1) is 11.8 Å². The highest BCUT2D eigenvalue weighted by atomic mass is 16.5. The molecule has 0 spiro atoms. The lowest BCUT2D eigenvalue weighted by molar-refractivity contribution is -0.142. The molecule has 0 bridgehead atoms. The first-order valence-corrected chi connectivity index (χ1v) is 7.77. The van der Waals surface area contributed by atoms with Gasteiger partial charge in [0.2, 0.25) is 5.91 Å². The van der Waals surface area contributed by atoms with Gasteiger partial charge in [-0.25, -0.2) is 4.79 Å². The molecule has 2 atom stereocenters. The number of ether oxygens (including phenoxy) is 1. The molecule has 2 unspecified atom stereocenters. The molecular formula is C17H23NO4. The first kappa shape index (κ1) is 16.3. The number of aliphatic carboxylic acids is 1. The second-order valence-electron chi connectivity index (χ2n) is 5.93. The van der Waals surface area contributed by atoms with E-state index >= 15 is 0 Å². The van der Waals surface area contributed by atoms with Crippen LogP contribution in [0.15, 0.2) is 30.3 Å². The topological polar surface area (TPSA) is 75.6 Å². The normalized spacial score (nSPS) is 16.6. The summed E-state index contributed by atoms with van der Waals surface area (Å²) in [6.45, 7) is 2.22. The van der Waals surface area contributed by atoms with E-state index in [0.717, 1.165) is 18.6 Å². The van der Waals surface area contributed by atoms with Crippen molar-refractivity contribution in [3.05, 3.63) is 30.3 Å². The molecule has 1 fully saturated rings. The van der Waals surface area contributed by atoms with E-state index in [0.29, 0.717) is 25.4 Å². The molecule has 5 nitrogen and oxygen atoms in total. The summed E-state index contributed by atoms with van der Waals surface area (Å²) in [6, 6.07) is 8.65. The second-order valence-corrected chi connectivity index (χ2v) is 5.93. The molecule has 0 aliphatic heterocycles. The molecule has 1 aromatic carbocycles. The summed E-state index contributed by atoms with van der Waals surface area (Å²) >= 11 is 0. The quantitative estimate of drug-likeness (QED) is 0.735. The zero-order valence-electron chi connectivity index (χ0n) is 12.8. The van der Waals surface area contributed by atoms with Crippen LogP contribution < -0.4 is 10.1 Å². The summed E-state index contributed by atoms with van der Waals surface area (Å²) in [5.74, 6) is -0.215. The molecule has 5 heteroatoms. The SMILES string of the molecule is CC(CCOc1ccccc1)C(=O)NC(CC1CC1)C(=O)O. The lowest BCUT2D eigenvalue weighted by Crippen LogP contribution is -2.43. The minimum atomic E-state index is -0.951. The average molecular weight is 305 g/mol. The first-order valence-electron chi connectivity index (χ1n) is 7.77. The average Bonchev–Trinajstić information content (AvgIpc) is 3.31. The molecule has 2 N–H and O–H groups in total. The Morgan fingerprint density at radius 3 is 2.59 bits per heavy atom. The maximum atomic E-state index is 12.1. The predicted molar refractivity (Wildman–Crippen MR) is 82.6 cm³/mol. The van der Waals surface area contributed by atoms with Gasteiger partial charge in [-0.1, -0.05) is 38.0 Å². The molecule has 120 valence electrons. The Hall–Kier alpha value is -2.04. The molecule has 0 saturated heterocycles. The van der Waals surface area contributed by atoms with Crippen molar-refractivity contribution >= 4 is 11.9 Å². The number of rotatable bonds is 9. The summed E-state index contributed by atoms with van der Waals surface area (Å²) in [4.78, 5) is 23.3. The number of hydrogen-bond acceptors (Lipinski definition) is 3. The van der Waals surface area contributed by atoms with Crippen molar-refractivity contribution in [2.24, 2.45) is 11.8 Å². The first-order chi connectivity index (χ1) is 10.6. The maximum Gasteiger partial charge on any atom is 0.326 e. The number of nitrogens with one attached hydrogen (secondary N) is 1. The van der Waals surface area contributed by atoms with E-state index in [1.807, 2.05) is 30.3 Å². The Morgan fingerprint density at radius 1 is 1.32 bits per heavy atom. The van der Waals surface area contributed by atoms with E-state index in [-0.39, 0.29) is 11.8 Å². The highest BCUT2D eigenvalue weighted by Gasteiger charge is 2.30. The van der Waals surface area contributed by atoms with E-state index in [9.17, 15) is 9.59 Å².